The van der Waals surface area contributed by atoms with E-state index >= 15 is 0 Å². The molecule has 2 aromatic carbocycles. The molecule has 0 aliphatic carbocycles. The van der Waals surface area contributed by atoms with Crippen molar-refractivity contribution in [1.82, 2.24) is 35.3 Å². The average Bonchev–Trinajstić information content (AvgIpc) is 4.31. The lowest BCUT2D eigenvalue weighted by atomic mass is 9.98. The van der Waals surface area contributed by atoms with Crippen molar-refractivity contribution >= 4 is 68.2 Å². The maximum atomic E-state index is 14.0. The highest BCUT2D eigenvalue weighted by atomic mass is 32.2. The number of carbonyl (C=O) groups excluding carboxylic acids is 6. The molecular formula is C52H62N10O16S2. The van der Waals surface area contributed by atoms with Crippen molar-refractivity contribution in [1.29, 1.82) is 0 Å². The van der Waals surface area contributed by atoms with Crippen LogP contribution >= 0.6 is 11.3 Å². The van der Waals surface area contributed by atoms with Crippen LogP contribution in [0, 0.1) is 5.21 Å². The van der Waals surface area contributed by atoms with Gasteiger partial charge in [-0.1, -0.05) is 71.0 Å². The second kappa shape index (κ2) is 24.9. The molecule has 0 spiro atoms. The average molecular weight is 1150 g/mol. The molecule has 0 bridgehead atoms. The number of β-lactam (4-membered cyclic amide) rings is 1. The van der Waals surface area contributed by atoms with E-state index in [4.69, 9.17) is 28.3 Å². The summed E-state index contributed by atoms with van der Waals surface area (Å²) in [6.45, 7) is 13.7. The van der Waals surface area contributed by atoms with Gasteiger partial charge in [0.1, 0.15) is 36.2 Å². The van der Waals surface area contributed by atoms with E-state index in [-0.39, 0.29) is 63.8 Å². The number of nitrogens with one attached hydrogen (secondary N) is 4. The zero-order valence-electron chi connectivity index (χ0n) is 45.0. The molecule has 7 rings (SSSR count). The number of oxime groups is 1. The summed E-state index contributed by atoms with van der Waals surface area (Å²) in [5.74, 6) is -4.94. The molecule has 80 heavy (non-hydrogen) atoms. The molecule has 26 nitrogen and oxygen atoms in total. The zero-order chi connectivity index (χ0) is 58.2. The van der Waals surface area contributed by atoms with Gasteiger partial charge in [-0.25, -0.2) is 18.9 Å². The third kappa shape index (κ3) is 16.0. The van der Waals surface area contributed by atoms with Gasteiger partial charge >= 0.3 is 28.3 Å². The van der Waals surface area contributed by atoms with Gasteiger partial charge < -0.3 is 54.4 Å². The molecule has 0 saturated carbocycles. The van der Waals surface area contributed by atoms with Crippen LogP contribution in [0.15, 0.2) is 94.1 Å². The summed E-state index contributed by atoms with van der Waals surface area (Å²) < 4.78 is 63.4. The van der Waals surface area contributed by atoms with Crippen molar-refractivity contribution < 1.29 is 74.8 Å². The van der Waals surface area contributed by atoms with Gasteiger partial charge in [-0.3, -0.25) is 29.0 Å². The summed E-state index contributed by atoms with van der Waals surface area (Å²) in [6.07, 6.45) is 0.892. The van der Waals surface area contributed by atoms with Crippen molar-refractivity contribution in [3.8, 4) is 11.5 Å². The smallest absolute Gasteiger partial charge is 0.413 e. The van der Waals surface area contributed by atoms with Crippen molar-refractivity contribution in [2.75, 3.05) is 38.0 Å². The lowest BCUT2D eigenvalue weighted by Gasteiger charge is -2.44. The maximum Gasteiger partial charge on any atom is 0.413 e. The molecule has 0 unspecified atom stereocenters. The SMILES string of the molecule is CC(C)(C)OC(=O)Nc1nc(/C(=N/OC(C)(C)C(=O)OC(C)(C)C)C(=O)N[C@@H]2C(=O)N(S(=O)(=O)O)[C@@H]2CNC(=O)c2cc([C@@H]3CCN(CCNC(=O)c4cc(OCc5ccccc5)c(OCc5ccccc5)c[n+]4[O-])C3)no2)cs1. The number of amides is 5. The van der Waals surface area contributed by atoms with Crippen LogP contribution in [0.25, 0.3) is 0 Å². The Bertz CT molecular complexity index is 3210. The first-order valence-corrected chi connectivity index (χ1v) is 27.3. The number of rotatable bonds is 22. The standard InChI is InChI=1S/C52H62N10O16S2/c1-50(2,3)75-47(67)52(7,8)78-59-41(35-30-79-48(55-35)57-49(68)76-51(4,5)6)45(65)56-42-37(62(46(42)66)80(70,71)72)25-54-44(64)39-23-34(58-77-39)33-19-21-60(26-33)22-20-53-43(63)36-24-38(73-28-31-15-11-9-12-16-31)40(27-61(36)69)74-29-32-17-13-10-14-18-32/h9-18,23-24,27,30,33,37,42H,19-22,25-26,28-29H2,1-8H3,(H,53,63)(H,54,64)(H,56,65)(H,55,57,68)(H,70,71,72)/b59-41-/t33-,37-,42+/m1/s1. The van der Waals surface area contributed by atoms with Crippen molar-refractivity contribution in [2.24, 2.45) is 5.16 Å². The predicted octanol–water partition coefficient (Wildman–Crippen LogP) is 4.26. The van der Waals surface area contributed by atoms with E-state index in [1.807, 2.05) is 65.6 Å². The second-order valence-electron chi connectivity index (χ2n) is 21.0. The van der Waals surface area contributed by atoms with Gasteiger partial charge in [-0.15, -0.1) is 11.3 Å². The van der Waals surface area contributed by atoms with Crippen LogP contribution in [-0.2, 0) is 52.2 Å². The van der Waals surface area contributed by atoms with Crippen molar-refractivity contribution in [2.45, 2.75) is 110 Å². The van der Waals surface area contributed by atoms with E-state index < -0.39 is 87.1 Å². The van der Waals surface area contributed by atoms with E-state index in [1.165, 1.54) is 31.4 Å². The number of hydrogen-bond donors (Lipinski definition) is 5. The van der Waals surface area contributed by atoms with Crippen LogP contribution in [0.2, 0.25) is 0 Å². The number of likely N-dealkylation sites (tertiary alicyclic amines) is 1. The molecule has 2 aliphatic rings. The van der Waals surface area contributed by atoms with E-state index in [1.54, 1.807) is 41.5 Å². The van der Waals surface area contributed by atoms with Crippen LogP contribution in [0.5, 0.6) is 11.5 Å². The fraction of sp³-hybridized carbons (Fsp3) is 0.423. The summed E-state index contributed by atoms with van der Waals surface area (Å²) in [5.41, 5.74) is -2.49. The molecule has 3 aromatic heterocycles. The van der Waals surface area contributed by atoms with E-state index in [2.05, 4.69) is 36.6 Å². The lowest BCUT2D eigenvalue weighted by Crippen LogP contribution is -2.74. The Morgan fingerprint density at radius 2 is 1.52 bits per heavy atom. The molecule has 0 radical (unpaired) electrons. The number of carbonyl (C=O) groups is 6. The molecule has 3 atom stereocenters. The molecule has 5 amide bonds. The highest BCUT2D eigenvalue weighted by molar-refractivity contribution is 7.84. The first-order valence-electron chi connectivity index (χ1n) is 25.1. The number of hydrogen-bond acceptors (Lipinski definition) is 20. The number of pyridine rings is 1. The van der Waals surface area contributed by atoms with E-state index in [0.29, 0.717) is 36.5 Å². The number of benzene rings is 2. The van der Waals surface area contributed by atoms with Gasteiger partial charge in [-0.05, 0) is 79.5 Å². The number of thiazole rings is 1. The normalized spacial score (nSPS) is 17.0. The molecule has 2 aliphatic heterocycles. The monoisotopic (exact) mass is 1150 g/mol. The first kappa shape index (κ1) is 59.5. The summed E-state index contributed by atoms with van der Waals surface area (Å²) in [6, 6.07) is 18.2. The highest BCUT2D eigenvalue weighted by Gasteiger charge is 2.54. The fourth-order valence-electron chi connectivity index (χ4n) is 7.93. The Balaban J connectivity index is 0.956. The van der Waals surface area contributed by atoms with Crippen LogP contribution in [-0.4, -0.2) is 135 Å². The maximum absolute atomic E-state index is 14.0. The summed E-state index contributed by atoms with van der Waals surface area (Å²) >= 11 is 0.853. The minimum absolute atomic E-state index is 0.0502. The molecule has 5 N–H and O–H groups in total. The van der Waals surface area contributed by atoms with Crippen molar-refractivity contribution in [3.63, 3.8) is 0 Å². The Hall–Kier alpha value is -8.21. The minimum Gasteiger partial charge on any atom is -0.618 e. The number of anilines is 1. The molecule has 2 saturated heterocycles. The molecule has 28 heteroatoms. The fourth-order valence-corrected chi connectivity index (χ4v) is 9.49. The highest BCUT2D eigenvalue weighted by Crippen LogP contribution is 2.30. The topological polar surface area (TPSA) is 336 Å². The summed E-state index contributed by atoms with van der Waals surface area (Å²) in [5, 5.41) is 32.4. The van der Waals surface area contributed by atoms with E-state index in [0.717, 1.165) is 28.7 Å². The summed E-state index contributed by atoms with van der Waals surface area (Å²) in [7, 11) is -5.23. The number of ether oxygens (including phenoxy) is 4. The van der Waals surface area contributed by atoms with Gasteiger partial charge in [0.2, 0.25) is 23.3 Å². The molecule has 5 heterocycles. The van der Waals surface area contributed by atoms with E-state index in [9.17, 15) is 46.9 Å². The van der Waals surface area contributed by atoms with Crippen molar-refractivity contribution in [3.05, 3.63) is 124 Å². The largest absolute Gasteiger partial charge is 0.618 e. The minimum atomic E-state index is -5.23. The lowest BCUT2D eigenvalue weighted by molar-refractivity contribution is -0.608. The van der Waals surface area contributed by atoms with Crippen LogP contribution in [0.1, 0.15) is 111 Å². The Kier molecular flexibility index (Phi) is 18.5. The predicted molar refractivity (Wildman–Crippen MR) is 286 cm³/mol. The zero-order valence-corrected chi connectivity index (χ0v) is 46.7. The Labute approximate surface area is 464 Å². The Morgan fingerprint density at radius 1 is 0.887 bits per heavy atom. The van der Waals surface area contributed by atoms with Gasteiger partial charge in [0.25, 0.3) is 23.4 Å². The quantitative estimate of drug-likeness (QED) is 0.0123. The van der Waals surface area contributed by atoms with Crippen LogP contribution in [0.3, 0.4) is 0 Å². The van der Waals surface area contributed by atoms with Gasteiger partial charge in [0.05, 0.1) is 17.8 Å². The van der Waals surface area contributed by atoms with Gasteiger partial charge in [0, 0.05) is 43.5 Å². The molecule has 5 aromatic rings. The third-order valence-electron chi connectivity index (χ3n) is 11.8. The molecule has 2 fully saturated rings. The third-order valence-corrected chi connectivity index (χ3v) is 13.6. The number of aromatic nitrogens is 3. The number of nitrogens with zero attached hydrogens (tertiary/aromatic N) is 6. The molecule has 428 valence electrons. The summed E-state index contributed by atoms with van der Waals surface area (Å²) in [4.78, 5) is 91.4. The van der Waals surface area contributed by atoms with Gasteiger partial charge in [0.15, 0.2) is 16.6 Å². The second-order valence-corrected chi connectivity index (χ2v) is 23.1. The van der Waals surface area contributed by atoms with Crippen LogP contribution < -0.4 is 35.5 Å². The molecular weight excluding hydrogens is 1080 g/mol. The van der Waals surface area contributed by atoms with Crippen LogP contribution in [0.4, 0.5) is 9.93 Å². The first-order chi connectivity index (χ1) is 37.6. The number of esters is 1. The van der Waals surface area contributed by atoms with Gasteiger partial charge in [-0.2, -0.15) is 13.1 Å². The Morgan fingerprint density at radius 3 is 2.15 bits per heavy atom.